The van der Waals surface area contributed by atoms with Crippen LogP contribution < -0.4 is 10.5 Å². The van der Waals surface area contributed by atoms with E-state index in [1.165, 1.54) is 0 Å². The van der Waals surface area contributed by atoms with Crippen LogP contribution in [0.2, 0.25) is 0 Å². The van der Waals surface area contributed by atoms with Gasteiger partial charge < -0.3 is 20.3 Å². The molecule has 0 spiro atoms. The second-order valence-electron chi connectivity index (χ2n) is 5.07. The first-order valence-corrected chi connectivity index (χ1v) is 7.57. The summed E-state index contributed by atoms with van der Waals surface area (Å²) in [7, 11) is 0. The maximum absolute atomic E-state index is 9.10. The molecule has 1 aliphatic heterocycles. The maximum Gasteiger partial charge on any atom is 0.119 e. The SMILES string of the molecule is NC(=S)c1ccc(OCCCN2CCOC(CO)C2)cc1. The first-order chi connectivity index (χ1) is 10.2. The van der Waals surface area contributed by atoms with Crippen molar-refractivity contribution in [2.24, 2.45) is 5.73 Å². The van der Waals surface area contributed by atoms with Crippen LogP contribution in [0.1, 0.15) is 12.0 Å². The molecule has 0 amide bonds. The lowest BCUT2D eigenvalue weighted by Crippen LogP contribution is -2.44. The number of benzene rings is 1. The lowest BCUT2D eigenvalue weighted by Gasteiger charge is -2.31. The van der Waals surface area contributed by atoms with Crippen LogP contribution in [0.25, 0.3) is 0 Å². The summed E-state index contributed by atoms with van der Waals surface area (Å²) in [6, 6.07) is 7.49. The maximum atomic E-state index is 9.10. The average molecular weight is 310 g/mol. The Bertz CT molecular complexity index is 453. The normalized spacial score (nSPS) is 19.4. The number of aliphatic hydroxyl groups is 1. The third-order valence-corrected chi connectivity index (χ3v) is 3.69. The Kier molecular flexibility index (Phi) is 6.38. The highest BCUT2D eigenvalue weighted by Crippen LogP contribution is 2.12. The van der Waals surface area contributed by atoms with Gasteiger partial charge in [0.2, 0.25) is 0 Å². The number of ether oxygens (including phenoxy) is 2. The quantitative estimate of drug-likeness (QED) is 0.573. The minimum Gasteiger partial charge on any atom is -0.494 e. The Morgan fingerprint density at radius 2 is 2.19 bits per heavy atom. The molecule has 1 aromatic carbocycles. The van der Waals surface area contributed by atoms with Crippen molar-refractivity contribution in [3.8, 4) is 5.75 Å². The smallest absolute Gasteiger partial charge is 0.119 e. The number of hydrogen-bond donors (Lipinski definition) is 2. The highest BCUT2D eigenvalue weighted by Gasteiger charge is 2.18. The zero-order valence-electron chi connectivity index (χ0n) is 12.0. The zero-order chi connectivity index (χ0) is 15.1. The Labute approximate surface area is 130 Å². The highest BCUT2D eigenvalue weighted by molar-refractivity contribution is 7.80. The van der Waals surface area contributed by atoms with Crippen molar-refractivity contribution in [2.45, 2.75) is 12.5 Å². The van der Waals surface area contributed by atoms with Gasteiger partial charge in [-0.25, -0.2) is 0 Å². The van der Waals surface area contributed by atoms with Crippen molar-refractivity contribution in [3.63, 3.8) is 0 Å². The molecule has 1 aromatic rings. The van der Waals surface area contributed by atoms with Gasteiger partial charge in [-0.05, 0) is 30.7 Å². The predicted molar refractivity (Wildman–Crippen MR) is 85.7 cm³/mol. The van der Waals surface area contributed by atoms with Crippen LogP contribution >= 0.6 is 12.2 Å². The molecule has 5 nitrogen and oxygen atoms in total. The molecular formula is C15H22N2O3S. The zero-order valence-corrected chi connectivity index (χ0v) is 12.8. The molecule has 1 aliphatic rings. The summed E-state index contributed by atoms with van der Waals surface area (Å²) in [6.07, 6.45) is 0.891. The molecule has 116 valence electrons. The van der Waals surface area contributed by atoms with Crippen LogP contribution in [0.3, 0.4) is 0 Å². The van der Waals surface area contributed by atoms with Gasteiger partial charge in [0.15, 0.2) is 0 Å². The van der Waals surface area contributed by atoms with E-state index in [1.807, 2.05) is 24.3 Å². The van der Waals surface area contributed by atoms with Gasteiger partial charge in [0.1, 0.15) is 10.7 Å². The molecule has 3 N–H and O–H groups in total. The van der Waals surface area contributed by atoms with Crippen LogP contribution in [0.5, 0.6) is 5.75 Å². The summed E-state index contributed by atoms with van der Waals surface area (Å²) in [5.74, 6) is 0.824. The van der Waals surface area contributed by atoms with Crippen molar-refractivity contribution in [1.82, 2.24) is 4.90 Å². The number of nitrogens with two attached hydrogens (primary N) is 1. The monoisotopic (exact) mass is 310 g/mol. The summed E-state index contributed by atoms with van der Waals surface area (Å²) in [5, 5.41) is 9.10. The third-order valence-electron chi connectivity index (χ3n) is 3.45. The van der Waals surface area contributed by atoms with Gasteiger partial charge in [0.05, 0.1) is 25.9 Å². The molecule has 1 atom stereocenters. The van der Waals surface area contributed by atoms with E-state index < -0.39 is 0 Å². The molecule has 0 aliphatic carbocycles. The van der Waals surface area contributed by atoms with E-state index in [1.54, 1.807) is 0 Å². The molecule has 1 saturated heterocycles. The van der Waals surface area contributed by atoms with Crippen molar-refractivity contribution < 1.29 is 14.6 Å². The van der Waals surface area contributed by atoms with Gasteiger partial charge in [0, 0.05) is 25.2 Å². The number of thiocarbonyl (C=S) groups is 1. The molecule has 0 saturated carbocycles. The van der Waals surface area contributed by atoms with E-state index >= 15 is 0 Å². The largest absolute Gasteiger partial charge is 0.494 e. The molecule has 1 heterocycles. The van der Waals surface area contributed by atoms with E-state index in [4.69, 9.17) is 32.5 Å². The number of aliphatic hydroxyl groups excluding tert-OH is 1. The fraction of sp³-hybridized carbons (Fsp3) is 0.533. The Balaban J connectivity index is 1.66. The van der Waals surface area contributed by atoms with E-state index in [-0.39, 0.29) is 12.7 Å². The van der Waals surface area contributed by atoms with Crippen molar-refractivity contribution >= 4 is 17.2 Å². The van der Waals surface area contributed by atoms with E-state index in [9.17, 15) is 0 Å². The van der Waals surface area contributed by atoms with E-state index in [0.29, 0.717) is 18.2 Å². The van der Waals surface area contributed by atoms with Crippen LogP contribution in [-0.4, -0.2) is 60.6 Å². The van der Waals surface area contributed by atoms with Crippen LogP contribution in [0.4, 0.5) is 0 Å². The molecular weight excluding hydrogens is 288 g/mol. The van der Waals surface area contributed by atoms with Gasteiger partial charge in [-0.1, -0.05) is 12.2 Å². The Hall–Kier alpha value is -1.21. The summed E-state index contributed by atoms with van der Waals surface area (Å²) in [4.78, 5) is 2.69. The van der Waals surface area contributed by atoms with E-state index in [2.05, 4.69) is 4.90 Å². The number of hydrogen-bond acceptors (Lipinski definition) is 5. The fourth-order valence-electron chi connectivity index (χ4n) is 2.29. The first-order valence-electron chi connectivity index (χ1n) is 7.16. The molecule has 6 heteroatoms. The molecule has 0 radical (unpaired) electrons. The predicted octanol–water partition coefficient (Wildman–Crippen LogP) is 0.783. The molecule has 1 unspecified atom stereocenters. The van der Waals surface area contributed by atoms with Gasteiger partial charge in [-0.15, -0.1) is 0 Å². The van der Waals surface area contributed by atoms with Crippen LogP contribution in [0, 0.1) is 0 Å². The molecule has 21 heavy (non-hydrogen) atoms. The lowest BCUT2D eigenvalue weighted by molar-refractivity contribution is -0.0533. The van der Waals surface area contributed by atoms with Crippen LogP contribution in [-0.2, 0) is 4.74 Å². The van der Waals surface area contributed by atoms with Crippen molar-refractivity contribution in [1.29, 1.82) is 0 Å². The number of morpholine rings is 1. The van der Waals surface area contributed by atoms with Crippen LogP contribution in [0.15, 0.2) is 24.3 Å². The summed E-state index contributed by atoms with van der Waals surface area (Å²) >= 11 is 4.91. The number of rotatable bonds is 7. The van der Waals surface area contributed by atoms with Gasteiger partial charge in [-0.2, -0.15) is 0 Å². The third kappa shape index (κ3) is 5.24. The van der Waals surface area contributed by atoms with E-state index in [0.717, 1.165) is 37.4 Å². The second kappa shape index (κ2) is 8.29. The van der Waals surface area contributed by atoms with Crippen molar-refractivity contribution in [2.75, 3.05) is 39.5 Å². The Morgan fingerprint density at radius 1 is 1.43 bits per heavy atom. The fourth-order valence-corrected chi connectivity index (χ4v) is 2.42. The highest BCUT2D eigenvalue weighted by atomic mass is 32.1. The number of nitrogens with zero attached hydrogens (tertiary/aromatic N) is 1. The topological polar surface area (TPSA) is 68.0 Å². The molecule has 0 aromatic heterocycles. The Morgan fingerprint density at radius 3 is 2.86 bits per heavy atom. The molecule has 1 fully saturated rings. The van der Waals surface area contributed by atoms with Gasteiger partial charge in [0.25, 0.3) is 0 Å². The minimum absolute atomic E-state index is 0.0488. The standard InChI is InChI=1S/C15H22N2O3S/c16-15(21)12-2-4-13(5-3-12)19-8-1-6-17-7-9-20-14(10-17)11-18/h2-5,14,18H,1,6-11H2,(H2,16,21). The van der Waals surface area contributed by atoms with Gasteiger partial charge >= 0.3 is 0 Å². The second-order valence-corrected chi connectivity index (χ2v) is 5.51. The minimum atomic E-state index is -0.0488. The first kappa shape index (κ1) is 16.2. The van der Waals surface area contributed by atoms with Crippen molar-refractivity contribution in [3.05, 3.63) is 29.8 Å². The lowest BCUT2D eigenvalue weighted by atomic mass is 10.2. The molecule has 0 bridgehead atoms. The molecule has 2 rings (SSSR count). The summed E-state index contributed by atoms with van der Waals surface area (Å²) < 4.78 is 11.1. The summed E-state index contributed by atoms with van der Waals surface area (Å²) in [6.45, 7) is 4.09. The van der Waals surface area contributed by atoms with Gasteiger partial charge in [-0.3, -0.25) is 4.90 Å². The summed E-state index contributed by atoms with van der Waals surface area (Å²) in [5.41, 5.74) is 6.40. The average Bonchev–Trinajstić information content (AvgIpc) is 2.52.